The SMILES string of the molecule is O=C(c1cn(-c2cccc(Cl)c2F)nn1)N1CCC(N2CCNCC2)C1. The molecule has 4 rings (SSSR count). The topological polar surface area (TPSA) is 66.3 Å². The Bertz CT molecular complexity index is 806. The number of carbonyl (C=O) groups is 1. The number of likely N-dealkylation sites (tertiary alicyclic amines) is 1. The van der Waals surface area contributed by atoms with E-state index < -0.39 is 5.82 Å². The van der Waals surface area contributed by atoms with Crippen molar-refractivity contribution in [3.05, 3.63) is 40.9 Å². The van der Waals surface area contributed by atoms with Gasteiger partial charge in [0.25, 0.3) is 5.91 Å². The number of aromatic nitrogens is 3. The van der Waals surface area contributed by atoms with Gasteiger partial charge in [-0.1, -0.05) is 22.9 Å². The number of benzene rings is 1. The third-order valence-electron chi connectivity index (χ3n) is 5.01. The molecule has 1 N–H and O–H groups in total. The first kappa shape index (κ1) is 17.4. The highest BCUT2D eigenvalue weighted by molar-refractivity contribution is 6.30. The van der Waals surface area contributed by atoms with E-state index in [1.165, 1.54) is 16.9 Å². The van der Waals surface area contributed by atoms with Crippen LogP contribution in [0, 0.1) is 5.82 Å². The predicted octanol–water partition coefficient (Wildman–Crippen LogP) is 1.18. The van der Waals surface area contributed by atoms with E-state index in [0.717, 1.165) is 32.6 Å². The molecule has 7 nitrogen and oxygen atoms in total. The number of nitrogens with one attached hydrogen (secondary N) is 1. The van der Waals surface area contributed by atoms with Crippen LogP contribution in [0.25, 0.3) is 5.69 Å². The normalized spacial score (nSPS) is 21.3. The molecule has 2 aromatic rings. The number of nitrogens with zero attached hydrogens (tertiary/aromatic N) is 5. The summed E-state index contributed by atoms with van der Waals surface area (Å²) in [6, 6.07) is 5.02. The second-order valence-corrected chi connectivity index (χ2v) is 7.01. The monoisotopic (exact) mass is 378 g/mol. The van der Waals surface area contributed by atoms with Crippen molar-refractivity contribution < 1.29 is 9.18 Å². The molecular formula is C17H20ClFN6O. The Morgan fingerprint density at radius 2 is 2.08 bits per heavy atom. The molecule has 1 unspecified atom stereocenters. The molecule has 2 saturated heterocycles. The smallest absolute Gasteiger partial charge is 0.276 e. The fraction of sp³-hybridized carbons (Fsp3) is 0.471. The molecule has 3 heterocycles. The molecule has 0 aliphatic carbocycles. The number of rotatable bonds is 3. The lowest BCUT2D eigenvalue weighted by Crippen LogP contribution is -2.49. The van der Waals surface area contributed by atoms with E-state index in [1.807, 2.05) is 0 Å². The highest BCUT2D eigenvalue weighted by Crippen LogP contribution is 2.22. The minimum atomic E-state index is -0.585. The molecule has 0 bridgehead atoms. The van der Waals surface area contributed by atoms with Gasteiger partial charge in [-0.3, -0.25) is 9.69 Å². The first-order chi connectivity index (χ1) is 12.6. The Hall–Kier alpha value is -2.03. The van der Waals surface area contributed by atoms with Gasteiger partial charge in [-0.15, -0.1) is 5.10 Å². The molecular weight excluding hydrogens is 359 g/mol. The second kappa shape index (κ2) is 7.30. The Morgan fingerprint density at radius 1 is 1.27 bits per heavy atom. The van der Waals surface area contributed by atoms with Crippen LogP contribution in [0.4, 0.5) is 4.39 Å². The van der Waals surface area contributed by atoms with Gasteiger partial charge in [-0.05, 0) is 18.6 Å². The first-order valence-corrected chi connectivity index (χ1v) is 9.12. The molecule has 0 radical (unpaired) electrons. The zero-order chi connectivity index (χ0) is 18.1. The molecule has 0 spiro atoms. The summed E-state index contributed by atoms with van der Waals surface area (Å²) < 4.78 is 15.4. The summed E-state index contributed by atoms with van der Waals surface area (Å²) >= 11 is 5.81. The van der Waals surface area contributed by atoms with Gasteiger partial charge in [-0.2, -0.15) is 0 Å². The maximum absolute atomic E-state index is 14.1. The summed E-state index contributed by atoms with van der Waals surface area (Å²) in [5.41, 5.74) is 0.384. The summed E-state index contributed by atoms with van der Waals surface area (Å²) in [5, 5.41) is 11.2. The van der Waals surface area contributed by atoms with Gasteiger partial charge < -0.3 is 10.2 Å². The summed E-state index contributed by atoms with van der Waals surface area (Å²) in [7, 11) is 0. The minimum Gasteiger partial charge on any atom is -0.336 e. The van der Waals surface area contributed by atoms with Crippen LogP contribution >= 0.6 is 11.6 Å². The van der Waals surface area contributed by atoms with Crippen molar-refractivity contribution in [3.8, 4) is 5.69 Å². The van der Waals surface area contributed by atoms with Crippen LogP contribution in [0.3, 0.4) is 0 Å². The molecule has 0 saturated carbocycles. The van der Waals surface area contributed by atoms with Crippen LogP contribution in [-0.2, 0) is 0 Å². The number of halogens is 2. The number of hydrogen-bond donors (Lipinski definition) is 1. The fourth-order valence-electron chi connectivity index (χ4n) is 3.58. The minimum absolute atomic E-state index is 0.00397. The van der Waals surface area contributed by atoms with Gasteiger partial charge in [0.1, 0.15) is 5.69 Å². The van der Waals surface area contributed by atoms with Gasteiger partial charge >= 0.3 is 0 Å². The average Bonchev–Trinajstić information content (AvgIpc) is 3.34. The molecule has 26 heavy (non-hydrogen) atoms. The lowest BCUT2D eigenvalue weighted by molar-refractivity contribution is 0.0767. The van der Waals surface area contributed by atoms with E-state index in [2.05, 4.69) is 20.5 Å². The number of carbonyl (C=O) groups excluding carboxylic acids is 1. The molecule has 1 amide bonds. The quantitative estimate of drug-likeness (QED) is 0.868. The van der Waals surface area contributed by atoms with Gasteiger partial charge in [0.2, 0.25) is 0 Å². The number of hydrogen-bond acceptors (Lipinski definition) is 5. The molecule has 2 aliphatic heterocycles. The average molecular weight is 379 g/mol. The van der Waals surface area contributed by atoms with Crippen LogP contribution in [0.15, 0.2) is 24.4 Å². The van der Waals surface area contributed by atoms with Crippen molar-refractivity contribution in [2.24, 2.45) is 0 Å². The molecule has 138 valence electrons. The lowest BCUT2D eigenvalue weighted by atomic mass is 10.2. The first-order valence-electron chi connectivity index (χ1n) is 8.74. The van der Waals surface area contributed by atoms with Crippen molar-refractivity contribution in [2.75, 3.05) is 39.3 Å². The Kier molecular flexibility index (Phi) is 4.88. The number of piperazine rings is 1. The van der Waals surface area contributed by atoms with Crippen LogP contribution in [0.1, 0.15) is 16.9 Å². The molecule has 1 aromatic carbocycles. The fourth-order valence-corrected chi connectivity index (χ4v) is 3.75. The Labute approximate surface area is 155 Å². The van der Waals surface area contributed by atoms with Crippen LogP contribution in [-0.4, -0.2) is 76.0 Å². The zero-order valence-corrected chi connectivity index (χ0v) is 15.0. The molecule has 1 atom stereocenters. The zero-order valence-electron chi connectivity index (χ0n) is 14.2. The van der Waals surface area contributed by atoms with Gasteiger partial charge in [0.05, 0.1) is 11.2 Å². The van der Waals surface area contributed by atoms with Crippen molar-refractivity contribution in [3.63, 3.8) is 0 Å². The van der Waals surface area contributed by atoms with Crippen molar-refractivity contribution in [2.45, 2.75) is 12.5 Å². The lowest BCUT2D eigenvalue weighted by Gasteiger charge is -2.32. The molecule has 2 fully saturated rings. The molecule has 2 aliphatic rings. The van der Waals surface area contributed by atoms with Gasteiger partial charge in [-0.25, -0.2) is 9.07 Å². The largest absolute Gasteiger partial charge is 0.336 e. The van der Waals surface area contributed by atoms with Crippen molar-refractivity contribution in [1.82, 2.24) is 30.1 Å². The van der Waals surface area contributed by atoms with E-state index in [0.29, 0.717) is 19.1 Å². The van der Waals surface area contributed by atoms with Crippen molar-refractivity contribution in [1.29, 1.82) is 0 Å². The summed E-state index contributed by atoms with van der Waals surface area (Å²) in [6.07, 6.45) is 2.41. The summed E-state index contributed by atoms with van der Waals surface area (Å²) in [5.74, 6) is -0.755. The third-order valence-corrected chi connectivity index (χ3v) is 5.30. The molecule has 9 heteroatoms. The highest BCUT2D eigenvalue weighted by atomic mass is 35.5. The van der Waals surface area contributed by atoms with E-state index >= 15 is 0 Å². The van der Waals surface area contributed by atoms with Gasteiger partial charge in [0.15, 0.2) is 11.5 Å². The van der Waals surface area contributed by atoms with Crippen LogP contribution in [0.5, 0.6) is 0 Å². The predicted molar refractivity (Wildman–Crippen MR) is 95.1 cm³/mol. The standard InChI is InChI=1S/C17H20ClFN6O/c18-13-2-1-3-15(16(13)19)25-11-14(21-22-25)17(26)24-7-4-12(10-24)23-8-5-20-6-9-23/h1-3,11-12,20H,4-10H2. The summed E-state index contributed by atoms with van der Waals surface area (Å²) in [4.78, 5) is 17.0. The second-order valence-electron chi connectivity index (χ2n) is 6.60. The Morgan fingerprint density at radius 3 is 2.88 bits per heavy atom. The summed E-state index contributed by atoms with van der Waals surface area (Å²) in [6.45, 7) is 5.39. The number of amides is 1. The highest BCUT2D eigenvalue weighted by Gasteiger charge is 2.32. The van der Waals surface area contributed by atoms with Gasteiger partial charge in [0, 0.05) is 45.3 Å². The Balaban J connectivity index is 1.46. The van der Waals surface area contributed by atoms with Crippen LogP contribution in [0.2, 0.25) is 5.02 Å². The van der Waals surface area contributed by atoms with E-state index in [9.17, 15) is 9.18 Å². The van der Waals surface area contributed by atoms with E-state index in [1.54, 1.807) is 17.0 Å². The molecule has 1 aromatic heterocycles. The third kappa shape index (κ3) is 3.32. The van der Waals surface area contributed by atoms with Crippen LogP contribution < -0.4 is 5.32 Å². The maximum Gasteiger partial charge on any atom is 0.276 e. The maximum atomic E-state index is 14.1. The van der Waals surface area contributed by atoms with E-state index in [4.69, 9.17) is 11.6 Å². The van der Waals surface area contributed by atoms with E-state index in [-0.39, 0.29) is 22.3 Å². The van der Waals surface area contributed by atoms with Crippen molar-refractivity contribution >= 4 is 17.5 Å².